The normalized spacial score (nSPS) is 16.0. The summed E-state index contributed by atoms with van der Waals surface area (Å²) >= 11 is 5.27. The van der Waals surface area contributed by atoms with Crippen molar-refractivity contribution in [3.63, 3.8) is 0 Å². The predicted molar refractivity (Wildman–Crippen MR) is 82.8 cm³/mol. The van der Waals surface area contributed by atoms with E-state index in [1.807, 2.05) is 4.90 Å². The van der Waals surface area contributed by atoms with E-state index in [1.54, 1.807) is 0 Å². The molecule has 1 amide bonds. The van der Waals surface area contributed by atoms with Gasteiger partial charge in [-0.15, -0.1) is 13.2 Å². The smallest absolute Gasteiger partial charge is 0.406 e. The SMILES string of the molecule is NC(=O)C1CCN(C(=S)Nc2ccc(OC(F)(F)F)cc2)CC1. The number of carbonyl (C=O) groups is 1. The van der Waals surface area contributed by atoms with Crippen LogP contribution in [0.25, 0.3) is 0 Å². The molecule has 0 atom stereocenters. The summed E-state index contributed by atoms with van der Waals surface area (Å²) in [5.41, 5.74) is 5.83. The van der Waals surface area contributed by atoms with Crippen LogP contribution in [-0.2, 0) is 4.79 Å². The average molecular weight is 347 g/mol. The number of piperidine rings is 1. The number of primary amides is 1. The van der Waals surface area contributed by atoms with Crippen LogP contribution in [0.15, 0.2) is 24.3 Å². The Hall–Kier alpha value is -2.03. The molecule has 0 unspecified atom stereocenters. The zero-order valence-electron chi connectivity index (χ0n) is 12.1. The first-order valence-corrected chi connectivity index (χ1v) is 7.36. The van der Waals surface area contributed by atoms with E-state index in [-0.39, 0.29) is 17.6 Å². The summed E-state index contributed by atoms with van der Waals surface area (Å²) in [5, 5.41) is 3.41. The Morgan fingerprint density at radius 2 is 1.83 bits per heavy atom. The molecule has 0 aliphatic carbocycles. The van der Waals surface area contributed by atoms with Gasteiger partial charge in [-0.1, -0.05) is 0 Å². The molecule has 0 aromatic heterocycles. The number of ether oxygens (including phenoxy) is 1. The first kappa shape index (κ1) is 17.3. The molecule has 3 N–H and O–H groups in total. The monoisotopic (exact) mass is 347 g/mol. The Balaban J connectivity index is 1.87. The number of hydrogen-bond donors (Lipinski definition) is 2. The van der Waals surface area contributed by atoms with Crippen LogP contribution in [0.3, 0.4) is 0 Å². The minimum Gasteiger partial charge on any atom is -0.406 e. The Bertz CT molecular complexity index is 570. The summed E-state index contributed by atoms with van der Waals surface area (Å²) in [6.07, 6.45) is -3.44. The van der Waals surface area contributed by atoms with E-state index in [4.69, 9.17) is 18.0 Å². The second-order valence-electron chi connectivity index (χ2n) is 5.17. The molecule has 1 heterocycles. The van der Waals surface area contributed by atoms with Gasteiger partial charge < -0.3 is 20.7 Å². The average Bonchev–Trinajstić information content (AvgIpc) is 2.48. The molecule has 1 aromatic carbocycles. The highest BCUT2D eigenvalue weighted by atomic mass is 32.1. The molecule has 9 heteroatoms. The van der Waals surface area contributed by atoms with E-state index >= 15 is 0 Å². The first-order valence-electron chi connectivity index (χ1n) is 6.95. The molecule has 126 valence electrons. The number of benzene rings is 1. The lowest BCUT2D eigenvalue weighted by Crippen LogP contribution is -2.43. The van der Waals surface area contributed by atoms with Gasteiger partial charge in [0, 0.05) is 24.7 Å². The van der Waals surface area contributed by atoms with Crippen molar-refractivity contribution >= 4 is 28.9 Å². The second-order valence-corrected chi connectivity index (χ2v) is 5.55. The van der Waals surface area contributed by atoms with Crippen molar-refractivity contribution in [3.8, 4) is 5.75 Å². The Morgan fingerprint density at radius 1 is 1.26 bits per heavy atom. The number of anilines is 1. The lowest BCUT2D eigenvalue weighted by molar-refractivity contribution is -0.274. The molecule has 1 aromatic rings. The van der Waals surface area contributed by atoms with Gasteiger partial charge in [0.2, 0.25) is 5.91 Å². The van der Waals surface area contributed by atoms with Crippen LogP contribution in [0.5, 0.6) is 5.75 Å². The number of amides is 1. The van der Waals surface area contributed by atoms with Crippen LogP contribution in [0.1, 0.15) is 12.8 Å². The predicted octanol–water partition coefficient (Wildman–Crippen LogP) is 2.48. The number of halogens is 3. The van der Waals surface area contributed by atoms with Crippen molar-refractivity contribution in [2.75, 3.05) is 18.4 Å². The topological polar surface area (TPSA) is 67.6 Å². The van der Waals surface area contributed by atoms with E-state index in [1.165, 1.54) is 24.3 Å². The van der Waals surface area contributed by atoms with Crippen molar-refractivity contribution in [3.05, 3.63) is 24.3 Å². The van der Waals surface area contributed by atoms with E-state index in [0.29, 0.717) is 36.7 Å². The quantitative estimate of drug-likeness (QED) is 0.823. The maximum atomic E-state index is 12.1. The van der Waals surface area contributed by atoms with Gasteiger partial charge in [0.05, 0.1) is 0 Å². The van der Waals surface area contributed by atoms with Gasteiger partial charge in [0.1, 0.15) is 5.75 Å². The molecular formula is C14H16F3N3O2S. The molecule has 2 rings (SSSR count). The van der Waals surface area contributed by atoms with Gasteiger partial charge in [-0.2, -0.15) is 0 Å². The van der Waals surface area contributed by atoms with Gasteiger partial charge in [-0.3, -0.25) is 4.79 Å². The molecule has 5 nitrogen and oxygen atoms in total. The van der Waals surface area contributed by atoms with Gasteiger partial charge in [-0.05, 0) is 49.3 Å². The summed E-state index contributed by atoms with van der Waals surface area (Å²) < 4.78 is 40.1. The largest absolute Gasteiger partial charge is 0.573 e. The fourth-order valence-electron chi connectivity index (χ4n) is 2.31. The highest BCUT2D eigenvalue weighted by Gasteiger charge is 2.31. The zero-order valence-corrected chi connectivity index (χ0v) is 12.9. The standard InChI is InChI=1S/C14H16F3N3O2S/c15-14(16,17)22-11-3-1-10(2-4-11)19-13(23)20-7-5-9(6-8-20)12(18)21/h1-4,9H,5-8H2,(H2,18,21)(H,19,23). The third-order valence-corrected chi connectivity index (χ3v) is 3.88. The van der Waals surface area contributed by atoms with Gasteiger partial charge in [0.25, 0.3) is 0 Å². The number of hydrogen-bond acceptors (Lipinski definition) is 3. The number of thiocarbonyl (C=S) groups is 1. The lowest BCUT2D eigenvalue weighted by atomic mass is 9.97. The Kier molecular flexibility index (Phi) is 5.30. The van der Waals surface area contributed by atoms with E-state index in [0.717, 1.165) is 0 Å². The number of carbonyl (C=O) groups excluding carboxylic acids is 1. The third kappa shape index (κ3) is 5.27. The number of rotatable bonds is 3. The maximum absolute atomic E-state index is 12.1. The molecule has 23 heavy (non-hydrogen) atoms. The third-order valence-electron chi connectivity index (χ3n) is 3.52. The van der Waals surface area contributed by atoms with Gasteiger partial charge in [-0.25, -0.2) is 0 Å². The number of nitrogens with two attached hydrogens (primary N) is 1. The number of alkyl halides is 3. The molecule has 1 aliphatic rings. The summed E-state index contributed by atoms with van der Waals surface area (Å²) in [5.74, 6) is -0.729. The molecule has 0 bridgehead atoms. The van der Waals surface area contributed by atoms with Crippen molar-refractivity contribution in [2.45, 2.75) is 19.2 Å². The summed E-state index contributed by atoms with van der Waals surface area (Å²) in [7, 11) is 0. The van der Waals surface area contributed by atoms with Crippen molar-refractivity contribution in [1.82, 2.24) is 4.90 Å². The minimum atomic E-state index is -4.71. The summed E-state index contributed by atoms with van der Waals surface area (Å²) in [6, 6.07) is 5.31. The summed E-state index contributed by atoms with van der Waals surface area (Å²) in [6.45, 7) is 1.21. The number of nitrogens with zero attached hydrogens (tertiary/aromatic N) is 1. The molecule has 0 radical (unpaired) electrons. The van der Waals surface area contributed by atoms with Crippen molar-refractivity contribution in [1.29, 1.82) is 0 Å². The zero-order chi connectivity index (χ0) is 17.0. The van der Waals surface area contributed by atoms with E-state index in [9.17, 15) is 18.0 Å². The second kappa shape index (κ2) is 7.03. The first-order chi connectivity index (χ1) is 10.7. The number of nitrogens with one attached hydrogen (secondary N) is 1. The van der Waals surface area contributed by atoms with Crippen molar-refractivity contribution < 1.29 is 22.7 Å². The minimum absolute atomic E-state index is 0.132. The fourth-order valence-corrected chi connectivity index (χ4v) is 2.61. The molecular weight excluding hydrogens is 331 g/mol. The Labute approximate surface area is 136 Å². The molecule has 0 saturated carbocycles. The Morgan fingerprint density at radius 3 is 2.30 bits per heavy atom. The van der Waals surface area contributed by atoms with E-state index < -0.39 is 6.36 Å². The number of likely N-dealkylation sites (tertiary alicyclic amines) is 1. The van der Waals surface area contributed by atoms with Crippen LogP contribution in [-0.4, -0.2) is 35.4 Å². The van der Waals surface area contributed by atoms with Crippen LogP contribution < -0.4 is 15.8 Å². The highest BCUT2D eigenvalue weighted by Crippen LogP contribution is 2.24. The fraction of sp³-hybridized carbons (Fsp3) is 0.429. The molecule has 1 aliphatic heterocycles. The molecule has 0 spiro atoms. The van der Waals surface area contributed by atoms with Crippen LogP contribution in [0, 0.1) is 5.92 Å². The maximum Gasteiger partial charge on any atom is 0.573 e. The molecule has 1 fully saturated rings. The van der Waals surface area contributed by atoms with E-state index in [2.05, 4.69) is 10.1 Å². The van der Waals surface area contributed by atoms with Gasteiger partial charge >= 0.3 is 6.36 Å². The summed E-state index contributed by atoms with van der Waals surface area (Å²) in [4.78, 5) is 13.0. The lowest BCUT2D eigenvalue weighted by Gasteiger charge is -2.32. The van der Waals surface area contributed by atoms with Gasteiger partial charge in [0.15, 0.2) is 5.11 Å². The molecule has 1 saturated heterocycles. The van der Waals surface area contributed by atoms with Crippen LogP contribution in [0.4, 0.5) is 18.9 Å². The van der Waals surface area contributed by atoms with Crippen LogP contribution >= 0.6 is 12.2 Å². The van der Waals surface area contributed by atoms with Crippen molar-refractivity contribution in [2.24, 2.45) is 11.7 Å². The highest BCUT2D eigenvalue weighted by molar-refractivity contribution is 7.80. The van der Waals surface area contributed by atoms with Crippen LogP contribution in [0.2, 0.25) is 0 Å².